The molecule has 2 N–H and O–H groups in total. The van der Waals surface area contributed by atoms with E-state index in [1.165, 1.54) is 0 Å². The van der Waals surface area contributed by atoms with Crippen LogP contribution < -0.4 is 10.0 Å². The number of anilines is 1. The second-order valence-corrected chi connectivity index (χ2v) is 6.89. The Morgan fingerprint density at radius 2 is 2.29 bits per heavy atom. The Morgan fingerprint density at radius 1 is 1.48 bits per heavy atom. The maximum absolute atomic E-state index is 12.0. The van der Waals surface area contributed by atoms with Crippen molar-refractivity contribution in [2.24, 2.45) is 0 Å². The number of nitrogens with one attached hydrogen (secondary N) is 2. The molecule has 0 bridgehead atoms. The van der Waals surface area contributed by atoms with E-state index in [0.717, 1.165) is 0 Å². The SMILES string of the molecule is CCCS(=O)(=O)N[C@H]1CCN(C(=O)Nc2ccccn2)C1. The van der Waals surface area contributed by atoms with Crippen LogP contribution in [0.1, 0.15) is 19.8 Å². The summed E-state index contributed by atoms with van der Waals surface area (Å²) < 4.78 is 26.1. The quantitative estimate of drug-likeness (QED) is 0.849. The number of likely N-dealkylation sites (tertiary alicyclic amines) is 1. The summed E-state index contributed by atoms with van der Waals surface area (Å²) in [6.45, 7) is 2.72. The van der Waals surface area contributed by atoms with E-state index < -0.39 is 10.0 Å². The fourth-order valence-electron chi connectivity index (χ4n) is 2.25. The normalized spacial score (nSPS) is 18.7. The molecule has 0 aliphatic carbocycles. The van der Waals surface area contributed by atoms with Crippen molar-refractivity contribution in [3.05, 3.63) is 24.4 Å². The minimum atomic E-state index is -3.24. The zero-order valence-corrected chi connectivity index (χ0v) is 12.8. The molecule has 116 valence electrons. The molecule has 1 aromatic heterocycles. The first kappa shape index (κ1) is 15.7. The molecule has 0 saturated carbocycles. The van der Waals surface area contributed by atoms with Crippen LogP contribution in [0.25, 0.3) is 0 Å². The second-order valence-electron chi connectivity index (χ2n) is 5.01. The number of aromatic nitrogens is 1. The van der Waals surface area contributed by atoms with Gasteiger partial charge in [-0.1, -0.05) is 13.0 Å². The lowest BCUT2D eigenvalue weighted by atomic mass is 10.3. The van der Waals surface area contributed by atoms with Crippen LogP contribution in [0.4, 0.5) is 10.6 Å². The van der Waals surface area contributed by atoms with Gasteiger partial charge in [-0.2, -0.15) is 0 Å². The zero-order valence-electron chi connectivity index (χ0n) is 11.9. The smallest absolute Gasteiger partial charge is 0.323 e. The largest absolute Gasteiger partial charge is 0.323 e. The number of hydrogen-bond donors (Lipinski definition) is 2. The monoisotopic (exact) mass is 312 g/mol. The average molecular weight is 312 g/mol. The summed E-state index contributed by atoms with van der Waals surface area (Å²) in [6, 6.07) is 4.79. The van der Waals surface area contributed by atoms with Crippen LogP contribution in [0.2, 0.25) is 0 Å². The molecule has 1 fully saturated rings. The van der Waals surface area contributed by atoms with Gasteiger partial charge in [0.25, 0.3) is 0 Å². The molecule has 21 heavy (non-hydrogen) atoms. The first-order valence-electron chi connectivity index (χ1n) is 6.97. The number of rotatable bonds is 5. The minimum Gasteiger partial charge on any atom is -0.323 e. The van der Waals surface area contributed by atoms with Gasteiger partial charge in [0.15, 0.2) is 0 Å². The number of sulfonamides is 1. The van der Waals surface area contributed by atoms with Crippen LogP contribution in [-0.4, -0.2) is 49.2 Å². The highest BCUT2D eigenvalue weighted by molar-refractivity contribution is 7.89. The number of carbonyl (C=O) groups excluding carboxylic acids is 1. The summed E-state index contributed by atoms with van der Waals surface area (Å²) in [4.78, 5) is 17.7. The predicted molar refractivity (Wildman–Crippen MR) is 80.4 cm³/mol. The number of hydrogen-bond acceptors (Lipinski definition) is 4. The van der Waals surface area contributed by atoms with Gasteiger partial charge in [-0.25, -0.2) is 22.9 Å². The van der Waals surface area contributed by atoms with Gasteiger partial charge in [0.1, 0.15) is 5.82 Å². The maximum atomic E-state index is 12.0. The summed E-state index contributed by atoms with van der Waals surface area (Å²) in [5.74, 6) is 0.599. The van der Waals surface area contributed by atoms with E-state index in [1.807, 2.05) is 6.92 Å². The highest BCUT2D eigenvalue weighted by atomic mass is 32.2. The van der Waals surface area contributed by atoms with Gasteiger partial charge in [0.2, 0.25) is 10.0 Å². The third kappa shape index (κ3) is 4.68. The number of carbonyl (C=O) groups is 1. The molecule has 2 amide bonds. The van der Waals surface area contributed by atoms with Crippen LogP contribution in [0, 0.1) is 0 Å². The molecule has 1 aliphatic heterocycles. The number of nitrogens with zero attached hydrogens (tertiary/aromatic N) is 2. The Labute approximate surface area is 124 Å². The molecule has 2 heterocycles. The van der Waals surface area contributed by atoms with Crippen LogP contribution in [0.3, 0.4) is 0 Å². The van der Waals surface area contributed by atoms with Gasteiger partial charge >= 0.3 is 6.03 Å². The van der Waals surface area contributed by atoms with Crippen molar-refractivity contribution in [2.75, 3.05) is 24.2 Å². The number of pyridine rings is 1. The Bertz CT molecular complexity index is 576. The van der Waals surface area contributed by atoms with Gasteiger partial charge in [0, 0.05) is 25.3 Å². The molecule has 0 aromatic carbocycles. The number of amides is 2. The van der Waals surface area contributed by atoms with Crippen molar-refractivity contribution in [3.63, 3.8) is 0 Å². The average Bonchev–Trinajstić information content (AvgIpc) is 2.87. The van der Waals surface area contributed by atoms with E-state index in [0.29, 0.717) is 31.7 Å². The summed E-state index contributed by atoms with van der Waals surface area (Å²) in [7, 11) is -3.24. The maximum Gasteiger partial charge on any atom is 0.323 e. The topological polar surface area (TPSA) is 91.4 Å². The molecule has 7 nitrogen and oxygen atoms in total. The van der Waals surface area contributed by atoms with Crippen LogP contribution in [-0.2, 0) is 10.0 Å². The third-order valence-corrected chi connectivity index (χ3v) is 4.83. The molecular formula is C13H20N4O3S. The molecule has 2 rings (SSSR count). The van der Waals surface area contributed by atoms with Gasteiger partial charge in [0.05, 0.1) is 5.75 Å². The van der Waals surface area contributed by atoms with Gasteiger partial charge in [-0.15, -0.1) is 0 Å². The summed E-state index contributed by atoms with van der Waals surface area (Å²) in [5.41, 5.74) is 0. The van der Waals surface area contributed by atoms with Crippen molar-refractivity contribution < 1.29 is 13.2 Å². The minimum absolute atomic E-state index is 0.115. The Balaban J connectivity index is 1.86. The Morgan fingerprint density at radius 3 is 2.95 bits per heavy atom. The van der Waals surface area contributed by atoms with Crippen molar-refractivity contribution in [1.82, 2.24) is 14.6 Å². The lowest BCUT2D eigenvalue weighted by molar-refractivity contribution is 0.221. The highest BCUT2D eigenvalue weighted by Crippen LogP contribution is 2.12. The summed E-state index contributed by atoms with van der Waals surface area (Å²) in [5, 5.41) is 2.69. The Kier molecular flexibility index (Phi) is 5.13. The zero-order chi connectivity index (χ0) is 15.3. The highest BCUT2D eigenvalue weighted by Gasteiger charge is 2.29. The summed E-state index contributed by atoms with van der Waals surface area (Å²) in [6.07, 6.45) is 2.80. The van der Waals surface area contributed by atoms with Crippen LogP contribution in [0.5, 0.6) is 0 Å². The van der Waals surface area contributed by atoms with Gasteiger partial charge in [-0.3, -0.25) is 5.32 Å². The van der Waals surface area contributed by atoms with E-state index in [1.54, 1.807) is 29.3 Å². The van der Waals surface area contributed by atoms with E-state index in [2.05, 4.69) is 15.0 Å². The molecule has 1 atom stereocenters. The number of urea groups is 1. The predicted octanol–water partition coefficient (Wildman–Crippen LogP) is 1.02. The van der Waals surface area contributed by atoms with Gasteiger partial charge in [-0.05, 0) is 25.0 Å². The lowest BCUT2D eigenvalue weighted by Crippen LogP contribution is -2.40. The van der Waals surface area contributed by atoms with E-state index >= 15 is 0 Å². The van der Waals surface area contributed by atoms with Crippen molar-refractivity contribution in [3.8, 4) is 0 Å². The molecule has 0 spiro atoms. The fraction of sp³-hybridized carbons (Fsp3) is 0.538. The van der Waals surface area contributed by atoms with Crippen LogP contribution >= 0.6 is 0 Å². The van der Waals surface area contributed by atoms with Crippen molar-refractivity contribution in [1.29, 1.82) is 0 Å². The molecule has 1 aliphatic rings. The first-order chi connectivity index (χ1) is 10.00. The molecule has 8 heteroatoms. The first-order valence-corrected chi connectivity index (χ1v) is 8.62. The lowest BCUT2D eigenvalue weighted by Gasteiger charge is -2.17. The van der Waals surface area contributed by atoms with E-state index in [9.17, 15) is 13.2 Å². The summed E-state index contributed by atoms with van der Waals surface area (Å²) >= 11 is 0. The van der Waals surface area contributed by atoms with Gasteiger partial charge < -0.3 is 4.90 Å². The van der Waals surface area contributed by atoms with E-state index in [-0.39, 0.29) is 17.8 Å². The molecule has 1 saturated heterocycles. The van der Waals surface area contributed by atoms with Crippen LogP contribution in [0.15, 0.2) is 24.4 Å². The third-order valence-electron chi connectivity index (χ3n) is 3.19. The Hall–Kier alpha value is -1.67. The van der Waals surface area contributed by atoms with Crippen molar-refractivity contribution >= 4 is 21.9 Å². The molecular weight excluding hydrogens is 292 g/mol. The molecule has 1 aromatic rings. The standard InChI is InChI=1S/C13H20N4O3S/c1-2-9-21(19,20)16-11-6-8-17(10-11)13(18)15-12-5-3-4-7-14-12/h3-5,7,11,16H,2,6,8-10H2,1H3,(H,14,15,18)/t11-/m0/s1. The fourth-order valence-corrected chi connectivity index (χ4v) is 3.60. The molecule has 0 unspecified atom stereocenters. The molecule has 0 radical (unpaired) electrons. The van der Waals surface area contributed by atoms with E-state index in [4.69, 9.17) is 0 Å². The second kappa shape index (κ2) is 6.86. The van der Waals surface area contributed by atoms with Crippen molar-refractivity contribution in [2.45, 2.75) is 25.8 Å².